The summed E-state index contributed by atoms with van der Waals surface area (Å²) in [6, 6.07) is 12.5. The Bertz CT molecular complexity index is 1300. The number of rotatable bonds is 1. The minimum absolute atomic E-state index is 0.0989. The quantitative estimate of drug-likeness (QED) is 0.327. The molecule has 3 N–H and O–H groups in total. The molecule has 2 aromatic carbocycles. The SMILES string of the molecule is CC(C)(C)c1cc(C2Nc3ccccc3-c3cnnc4[nH]cc2c34)cc(C(C)(C)C)c1O. The van der Waals surface area contributed by atoms with E-state index in [0.29, 0.717) is 5.75 Å². The zero-order valence-electron chi connectivity index (χ0n) is 19.5. The Hall–Kier alpha value is -3.34. The summed E-state index contributed by atoms with van der Waals surface area (Å²) in [4.78, 5) is 3.32. The lowest BCUT2D eigenvalue weighted by Gasteiger charge is -2.30. The van der Waals surface area contributed by atoms with Crippen LogP contribution in [-0.4, -0.2) is 20.3 Å². The second-order valence-electron chi connectivity index (χ2n) is 10.8. The third kappa shape index (κ3) is 3.15. The highest BCUT2D eigenvalue weighted by Crippen LogP contribution is 2.46. The molecule has 0 fully saturated rings. The molecule has 5 rings (SSSR count). The van der Waals surface area contributed by atoms with Gasteiger partial charge in [0.2, 0.25) is 0 Å². The van der Waals surface area contributed by atoms with Crippen LogP contribution in [0.2, 0.25) is 0 Å². The number of aromatic hydroxyl groups is 1. The number of phenolic OH excluding ortho intramolecular Hbond substituents is 1. The lowest BCUT2D eigenvalue weighted by molar-refractivity contribution is 0.422. The predicted octanol–water partition coefficient (Wildman–Crippen LogP) is 6.44. The third-order valence-corrected chi connectivity index (χ3v) is 6.41. The van der Waals surface area contributed by atoms with Crippen LogP contribution in [0.25, 0.3) is 22.2 Å². The molecule has 1 unspecified atom stereocenters. The number of fused-ring (bicyclic) bond motifs is 2. The summed E-state index contributed by atoms with van der Waals surface area (Å²) in [5, 5.41) is 24.7. The van der Waals surface area contributed by atoms with E-state index >= 15 is 0 Å². The first-order valence-electron chi connectivity index (χ1n) is 11.1. The van der Waals surface area contributed by atoms with E-state index in [9.17, 15) is 5.11 Å². The number of H-pyrrole nitrogens is 1. The maximum atomic E-state index is 11.2. The third-order valence-electron chi connectivity index (χ3n) is 6.41. The number of nitrogens with zero attached hydrogens (tertiary/aromatic N) is 2. The monoisotopic (exact) mass is 426 g/mol. The minimum atomic E-state index is -0.195. The predicted molar refractivity (Wildman–Crippen MR) is 130 cm³/mol. The van der Waals surface area contributed by atoms with E-state index in [0.717, 1.165) is 50.1 Å². The first-order valence-corrected chi connectivity index (χ1v) is 11.1. The second-order valence-corrected chi connectivity index (χ2v) is 10.8. The smallest absolute Gasteiger partial charge is 0.160 e. The number of aromatic amines is 1. The summed E-state index contributed by atoms with van der Waals surface area (Å²) >= 11 is 0. The molecule has 164 valence electrons. The van der Waals surface area contributed by atoms with Crippen molar-refractivity contribution in [3.8, 4) is 16.9 Å². The summed E-state index contributed by atoms with van der Waals surface area (Å²) in [5.41, 5.74) is 7.81. The molecule has 2 aromatic heterocycles. The van der Waals surface area contributed by atoms with Gasteiger partial charge < -0.3 is 15.4 Å². The molecule has 0 spiro atoms. The van der Waals surface area contributed by atoms with Gasteiger partial charge >= 0.3 is 0 Å². The highest BCUT2D eigenvalue weighted by atomic mass is 16.3. The van der Waals surface area contributed by atoms with Crippen LogP contribution in [0.3, 0.4) is 0 Å². The fourth-order valence-electron chi connectivity index (χ4n) is 4.74. The Balaban J connectivity index is 1.82. The number of benzene rings is 2. The van der Waals surface area contributed by atoms with E-state index in [1.165, 1.54) is 0 Å². The van der Waals surface area contributed by atoms with Crippen molar-refractivity contribution >= 4 is 16.7 Å². The van der Waals surface area contributed by atoms with E-state index in [2.05, 4.69) is 98.4 Å². The van der Waals surface area contributed by atoms with E-state index in [1.807, 2.05) is 12.4 Å². The molecule has 1 aliphatic heterocycles. The van der Waals surface area contributed by atoms with Gasteiger partial charge in [-0.1, -0.05) is 59.7 Å². The van der Waals surface area contributed by atoms with Crippen LogP contribution in [0.5, 0.6) is 5.75 Å². The number of aromatic nitrogens is 3. The number of para-hydroxylation sites is 1. The van der Waals surface area contributed by atoms with Crippen LogP contribution in [0, 0.1) is 0 Å². The van der Waals surface area contributed by atoms with Gasteiger partial charge in [0.15, 0.2) is 5.65 Å². The molecule has 0 saturated heterocycles. The highest BCUT2D eigenvalue weighted by molar-refractivity contribution is 6.00. The molecule has 5 heteroatoms. The summed E-state index contributed by atoms with van der Waals surface area (Å²) in [6.45, 7) is 12.9. The van der Waals surface area contributed by atoms with E-state index in [1.54, 1.807) is 0 Å². The molecule has 4 aromatic rings. The van der Waals surface area contributed by atoms with Crippen molar-refractivity contribution in [1.82, 2.24) is 15.2 Å². The molecule has 1 atom stereocenters. The first kappa shape index (κ1) is 20.6. The molecular formula is C27H30N4O. The summed E-state index contributed by atoms with van der Waals surface area (Å²) in [5.74, 6) is 0.397. The Morgan fingerprint density at radius 1 is 0.906 bits per heavy atom. The molecule has 0 aliphatic carbocycles. The van der Waals surface area contributed by atoms with Crippen LogP contribution >= 0.6 is 0 Å². The molecule has 0 radical (unpaired) electrons. The van der Waals surface area contributed by atoms with Crippen LogP contribution in [0.15, 0.2) is 48.8 Å². The fraction of sp³-hybridized carbons (Fsp3) is 0.333. The lowest BCUT2D eigenvalue weighted by atomic mass is 9.77. The van der Waals surface area contributed by atoms with Crippen molar-refractivity contribution in [2.24, 2.45) is 0 Å². The Labute approximate surface area is 188 Å². The highest BCUT2D eigenvalue weighted by Gasteiger charge is 2.31. The van der Waals surface area contributed by atoms with Crippen LogP contribution < -0.4 is 5.32 Å². The molecule has 0 saturated carbocycles. The maximum absolute atomic E-state index is 11.2. The van der Waals surface area contributed by atoms with Gasteiger partial charge in [0, 0.05) is 34.0 Å². The van der Waals surface area contributed by atoms with Gasteiger partial charge in [-0.2, -0.15) is 5.10 Å². The van der Waals surface area contributed by atoms with Crippen molar-refractivity contribution in [3.63, 3.8) is 0 Å². The number of phenols is 1. The summed E-state index contributed by atoms with van der Waals surface area (Å²) in [6.07, 6.45) is 3.88. The van der Waals surface area contributed by atoms with Crippen molar-refractivity contribution in [3.05, 3.63) is 71.0 Å². The molecule has 0 amide bonds. The average molecular weight is 427 g/mol. The van der Waals surface area contributed by atoms with Crippen molar-refractivity contribution in [1.29, 1.82) is 0 Å². The topological polar surface area (TPSA) is 73.8 Å². The first-order chi connectivity index (χ1) is 15.1. The average Bonchev–Trinajstić information content (AvgIpc) is 3.08. The molecule has 3 heterocycles. The van der Waals surface area contributed by atoms with E-state index < -0.39 is 0 Å². The summed E-state index contributed by atoms with van der Waals surface area (Å²) < 4.78 is 0. The molecule has 0 bridgehead atoms. The largest absolute Gasteiger partial charge is 0.507 e. The van der Waals surface area contributed by atoms with Gasteiger partial charge in [0.05, 0.1) is 12.2 Å². The standard InChI is InChI=1S/C27H30N4O/c1-26(2,3)19-11-15(12-20(24(19)32)27(4,5)6)23-18-13-28-25-22(18)17(14-29-31-25)16-9-7-8-10-21(16)30-23/h7-14,23,30,32H,1-6H3,(H,28,31). The lowest BCUT2D eigenvalue weighted by Crippen LogP contribution is -2.20. The van der Waals surface area contributed by atoms with Gasteiger partial charge in [0.1, 0.15) is 5.75 Å². The van der Waals surface area contributed by atoms with Gasteiger partial charge in [0.25, 0.3) is 0 Å². The second kappa shape index (κ2) is 6.83. The molecule has 1 aliphatic rings. The number of nitrogens with one attached hydrogen (secondary N) is 2. The van der Waals surface area contributed by atoms with Crippen molar-refractivity contribution < 1.29 is 5.11 Å². The Morgan fingerprint density at radius 2 is 1.56 bits per heavy atom. The zero-order valence-corrected chi connectivity index (χ0v) is 19.5. The minimum Gasteiger partial charge on any atom is -0.507 e. The molecule has 32 heavy (non-hydrogen) atoms. The van der Waals surface area contributed by atoms with Gasteiger partial charge in [-0.3, -0.25) is 0 Å². The fourth-order valence-corrected chi connectivity index (χ4v) is 4.74. The van der Waals surface area contributed by atoms with Crippen LogP contribution in [0.1, 0.15) is 69.8 Å². The van der Waals surface area contributed by atoms with Crippen molar-refractivity contribution in [2.45, 2.75) is 58.4 Å². The van der Waals surface area contributed by atoms with Crippen molar-refractivity contribution in [2.75, 3.05) is 5.32 Å². The normalized spacial score (nSPS) is 15.9. The van der Waals surface area contributed by atoms with Gasteiger partial charge in [-0.05, 0) is 45.7 Å². The molecule has 5 nitrogen and oxygen atoms in total. The van der Waals surface area contributed by atoms with Gasteiger partial charge in [-0.25, -0.2) is 0 Å². The maximum Gasteiger partial charge on any atom is 0.160 e. The van der Waals surface area contributed by atoms with Crippen LogP contribution in [-0.2, 0) is 10.8 Å². The Morgan fingerprint density at radius 3 is 2.22 bits per heavy atom. The van der Waals surface area contributed by atoms with E-state index in [4.69, 9.17) is 0 Å². The van der Waals surface area contributed by atoms with Gasteiger partial charge in [-0.15, -0.1) is 5.10 Å². The number of anilines is 1. The number of hydrogen-bond acceptors (Lipinski definition) is 4. The summed E-state index contributed by atoms with van der Waals surface area (Å²) in [7, 11) is 0. The van der Waals surface area contributed by atoms with E-state index in [-0.39, 0.29) is 16.9 Å². The van der Waals surface area contributed by atoms with Crippen LogP contribution in [0.4, 0.5) is 5.69 Å². The Kier molecular flexibility index (Phi) is 4.39. The number of hydrogen-bond donors (Lipinski definition) is 3. The molecular weight excluding hydrogens is 396 g/mol. The zero-order chi connectivity index (χ0) is 22.8.